The number of fused-ring (bicyclic) bond motifs is 4. The second-order valence-corrected chi connectivity index (χ2v) is 8.28. The predicted octanol–water partition coefficient (Wildman–Crippen LogP) is 5.26. The van der Waals surface area contributed by atoms with Gasteiger partial charge in [-0.25, -0.2) is 0 Å². The number of rotatable bonds is 2. The first-order valence-electron chi connectivity index (χ1n) is 9.55. The molecule has 3 nitrogen and oxygen atoms in total. The Kier molecular flexibility index (Phi) is 3.36. The van der Waals surface area contributed by atoms with Gasteiger partial charge in [-0.15, -0.1) is 0 Å². The molecule has 0 aliphatic carbocycles. The van der Waals surface area contributed by atoms with Gasteiger partial charge >= 0.3 is 0 Å². The minimum atomic E-state index is 0.0199. The topological polar surface area (TPSA) is 19.6 Å². The van der Waals surface area contributed by atoms with E-state index in [9.17, 15) is 0 Å². The molecule has 134 valence electrons. The normalized spacial score (nSPS) is 17.1. The van der Waals surface area contributed by atoms with Gasteiger partial charge in [-0.1, -0.05) is 42.5 Å². The Morgan fingerprint density at radius 2 is 1.44 bits per heavy atom. The van der Waals surface area contributed by atoms with Gasteiger partial charge in [0.25, 0.3) is 0 Å². The minimum Gasteiger partial charge on any atom is -0.454 e. The highest BCUT2D eigenvalue weighted by Crippen LogP contribution is 2.48. The summed E-state index contributed by atoms with van der Waals surface area (Å²) in [6.07, 6.45) is 0.196. The lowest BCUT2D eigenvalue weighted by Gasteiger charge is -2.40. The number of furan rings is 1. The molecule has 5 rings (SSSR count). The number of para-hydroxylation sites is 4. The summed E-state index contributed by atoms with van der Waals surface area (Å²) < 4.78 is 6.32. The molecule has 4 aromatic rings. The van der Waals surface area contributed by atoms with Gasteiger partial charge in [-0.3, -0.25) is 0 Å². The summed E-state index contributed by atoms with van der Waals surface area (Å²) >= 11 is 0. The molecular formula is C23H23BN2O. The Morgan fingerprint density at radius 3 is 2.22 bits per heavy atom. The summed E-state index contributed by atoms with van der Waals surface area (Å²) in [7, 11) is 2.27. The summed E-state index contributed by atoms with van der Waals surface area (Å²) in [6, 6.07) is 23.4. The van der Waals surface area contributed by atoms with Crippen LogP contribution in [0.3, 0.4) is 0 Å². The fourth-order valence-corrected chi connectivity index (χ4v) is 4.56. The zero-order chi connectivity index (χ0) is 18.8. The lowest BCUT2D eigenvalue weighted by atomic mass is 9.79. The largest absolute Gasteiger partial charge is 0.454 e. The Morgan fingerprint density at radius 1 is 0.815 bits per heavy atom. The highest BCUT2D eigenvalue weighted by atomic mass is 16.3. The van der Waals surface area contributed by atoms with Crippen LogP contribution in [0.1, 0.15) is 20.8 Å². The van der Waals surface area contributed by atoms with Crippen LogP contribution in [-0.2, 0) is 0 Å². The molecule has 0 amide bonds. The van der Waals surface area contributed by atoms with Crippen molar-refractivity contribution >= 4 is 46.8 Å². The molecule has 0 bridgehead atoms. The molecule has 1 unspecified atom stereocenters. The highest BCUT2D eigenvalue weighted by Gasteiger charge is 2.39. The van der Waals surface area contributed by atoms with Crippen molar-refractivity contribution in [3.05, 3.63) is 66.7 Å². The summed E-state index contributed by atoms with van der Waals surface area (Å²) in [6.45, 7) is 6.81. The molecular weight excluding hydrogens is 331 g/mol. The van der Waals surface area contributed by atoms with Crippen molar-refractivity contribution in [3.8, 4) is 0 Å². The fourth-order valence-electron chi connectivity index (χ4n) is 4.56. The van der Waals surface area contributed by atoms with Crippen LogP contribution in [0.15, 0.2) is 71.1 Å². The van der Waals surface area contributed by atoms with Gasteiger partial charge in [0, 0.05) is 16.2 Å². The summed E-state index contributed by atoms with van der Waals surface area (Å²) in [5.41, 5.74) is 5.53. The molecule has 2 heterocycles. The molecule has 0 saturated carbocycles. The summed E-state index contributed by atoms with van der Waals surface area (Å²) in [5, 5.41) is 2.34. The standard InChI is InChI=1S/C23H23BN2O/c1-15-25(18-11-5-6-12-19(18)26(15)23(2,3)24)20-13-8-10-17-16-9-4-7-14-21(16)27-22(17)20/h4-15H,24H2,1-3H3. The molecule has 0 fully saturated rings. The van der Waals surface area contributed by atoms with Crippen LogP contribution < -0.4 is 9.80 Å². The first-order chi connectivity index (χ1) is 13.0. The van der Waals surface area contributed by atoms with E-state index < -0.39 is 0 Å². The molecule has 0 spiro atoms. The molecule has 4 heteroatoms. The van der Waals surface area contributed by atoms with Crippen LogP contribution >= 0.6 is 0 Å². The molecule has 1 aliphatic rings. The van der Waals surface area contributed by atoms with Crippen molar-refractivity contribution < 1.29 is 4.42 Å². The maximum absolute atomic E-state index is 6.32. The monoisotopic (exact) mass is 354 g/mol. The predicted molar refractivity (Wildman–Crippen MR) is 117 cm³/mol. The van der Waals surface area contributed by atoms with Crippen LogP contribution in [0.5, 0.6) is 0 Å². The van der Waals surface area contributed by atoms with Crippen LogP contribution in [0.4, 0.5) is 17.1 Å². The van der Waals surface area contributed by atoms with Gasteiger partial charge in [-0.05, 0) is 45.0 Å². The van der Waals surface area contributed by atoms with Gasteiger partial charge in [-0.2, -0.15) is 0 Å². The minimum absolute atomic E-state index is 0.0199. The van der Waals surface area contributed by atoms with E-state index in [0.29, 0.717) is 0 Å². The summed E-state index contributed by atoms with van der Waals surface area (Å²) in [5.74, 6) is 0. The third-order valence-corrected chi connectivity index (χ3v) is 5.51. The van der Waals surface area contributed by atoms with Crippen molar-refractivity contribution in [2.75, 3.05) is 9.80 Å². The Balaban J connectivity index is 1.78. The first kappa shape index (κ1) is 16.3. The van der Waals surface area contributed by atoms with E-state index in [1.54, 1.807) is 0 Å². The number of anilines is 3. The second kappa shape index (κ2) is 5.56. The van der Waals surface area contributed by atoms with Crippen molar-refractivity contribution in [1.29, 1.82) is 0 Å². The van der Waals surface area contributed by atoms with E-state index in [2.05, 4.69) is 93.0 Å². The lowest BCUT2D eigenvalue weighted by Crippen LogP contribution is -2.51. The van der Waals surface area contributed by atoms with Gasteiger partial charge in [0.1, 0.15) is 19.6 Å². The van der Waals surface area contributed by atoms with Crippen molar-refractivity contribution in [2.45, 2.75) is 32.4 Å². The van der Waals surface area contributed by atoms with E-state index in [-0.39, 0.29) is 11.6 Å². The van der Waals surface area contributed by atoms with Gasteiger partial charge in [0.15, 0.2) is 5.58 Å². The molecule has 0 saturated heterocycles. The van der Waals surface area contributed by atoms with Crippen LogP contribution in [0, 0.1) is 0 Å². The fraction of sp³-hybridized carbons (Fsp3) is 0.217. The van der Waals surface area contributed by atoms with Gasteiger partial charge < -0.3 is 14.2 Å². The molecule has 0 N–H and O–H groups in total. The molecule has 27 heavy (non-hydrogen) atoms. The van der Waals surface area contributed by atoms with Crippen molar-refractivity contribution in [1.82, 2.24) is 0 Å². The molecule has 1 aliphatic heterocycles. The van der Waals surface area contributed by atoms with Gasteiger partial charge in [0.2, 0.25) is 0 Å². The number of benzene rings is 3. The highest BCUT2D eigenvalue weighted by molar-refractivity contribution is 6.17. The van der Waals surface area contributed by atoms with E-state index in [0.717, 1.165) is 16.9 Å². The third-order valence-electron chi connectivity index (χ3n) is 5.51. The Labute approximate surface area is 160 Å². The van der Waals surface area contributed by atoms with Crippen molar-refractivity contribution in [2.24, 2.45) is 0 Å². The molecule has 0 radical (unpaired) electrons. The molecule has 1 atom stereocenters. The molecule has 3 aromatic carbocycles. The summed E-state index contributed by atoms with van der Waals surface area (Å²) in [4.78, 5) is 4.90. The van der Waals surface area contributed by atoms with E-state index in [1.165, 1.54) is 22.1 Å². The van der Waals surface area contributed by atoms with E-state index in [4.69, 9.17) is 4.42 Å². The van der Waals surface area contributed by atoms with Crippen LogP contribution in [0.25, 0.3) is 21.9 Å². The zero-order valence-corrected chi connectivity index (χ0v) is 16.2. The third kappa shape index (κ3) is 2.29. The SMILES string of the molecule is BC(C)(C)N1c2ccccc2N(c2cccc3c2oc2ccccc23)C1C. The van der Waals surface area contributed by atoms with Crippen LogP contribution in [0.2, 0.25) is 0 Å². The van der Waals surface area contributed by atoms with E-state index in [1.807, 2.05) is 12.1 Å². The van der Waals surface area contributed by atoms with Crippen molar-refractivity contribution in [3.63, 3.8) is 0 Å². The Bertz CT molecular complexity index is 1160. The average Bonchev–Trinajstić information content (AvgIpc) is 3.16. The van der Waals surface area contributed by atoms with Crippen LogP contribution in [-0.4, -0.2) is 19.5 Å². The number of nitrogens with zero attached hydrogens (tertiary/aromatic N) is 2. The van der Waals surface area contributed by atoms with Gasteiger partial charge in [0.05, 0.1) is 17.1 Å². The first-order valence-corrected chi connectivity index (χ1v) is 9.55. The second-order valence-electron chi connectivity index (χ2n) is 8.28. The quantitative estimate of drug-likeness (QED) is 0.458. The maximum Gasteiger partial charge on any atom is 0.159 e. The number of hydrogen-bond acceptors (Lipinski definition) is 3. The van der Waals surface area contributed by atoms with E-state index >= 15 is 0 Å². The molecule has 1 aromatic heterocycles. The zero-order valence-electron chi connectivity index (χ0n) is 16.2. The Hall–Kier alpha value is -2.88. The number of hydrogen-bond donors (Lipinski definition) is 0. The average molecular weight is 354 g/mol. The smallest absolute Gasteiger partial charge is 0.159 e. The lowest BCUT2D eigenvalue weighted by molar-refractivity contribution is 0.560. The maximum atomic E-state index is 6.32.